The number of nitrogens with one attached hydrogen (secondary N) is 2. The molecule has 0 bridgehead atoms. The number of ether oxygens (including phenoxy) is 1. The van der Waals surface area contributed by atoms with Crippen molar-refractivity contribution in [1.82, 2.24) is 14.5 Å². The molecule has 2 aromatic carbocycles. The Labute approximate surface area is 190 Å². The molecule has 33 heavy (non-hydrogen) atoms. The summed E-state index contributed by atoms with van der Waals surface area (Å²) >= 11 is 0. The monoisotopic (exact) mass is 450 g/mol. The van der Waals surface area contributed by atoms with Gasteiger partial charge in [-0.1, -0.05) is 0 Å². The predicted octanol–water partition coefficient (Wildman–Crippen LogP) is 3.02. The number of imide groups is 1. The molecule has 1 aromatic heterocycles. The third kappa shape index (κ3) is 4.52. The van der Waals surface area contributed by atoms with Crippen molar-refractivity contribution < 1.29 is 19.1 Å². The van der Waals surface area contributed by atoms with Gasteiger partial charge < -0.3 is 10.1 Å². The van der Waals surface area contributed by atoms with E-state index in [2.05, 4.69) is 10.6 Å². The van der Waals surface area contributed by atoms with Crippen LogP contribution in [0, 0.1) is 0 Å². The minimum absolute atomic E-state index is 0.193. The molecule has 2 N–H and O–H groups in total. The summed E-state index contributed by atoms with van der Waals surface area (Å²) in [5, 5.41) is 5.57. The summed E-state index contributed by atoms with van der Waals surface area (Å²) in [4.78, 5) is 48.9. The van der Waals surface area contributed by atoms with Crippen LogP contribution in [0.15, 0.2) is 47.3 Å². The van der Waals surface area contributed by atoms with Crippen LogP contribution in [-0.4, -0.2) is 32.5 Å². The first kappa shape index (κ1) is 22.3. The normalized spacial score (nSPS) is 16.5. The Bertz CT molecular complexity index is 1310. The minimum Gasteiger partial charge on any atom is -0.456 e. The lowest BCUT2D eigenvalue weighted by Gasteiger charge is -2.21. The highest BCUT2D eigenvalue weighted by Gasteiger charge is 2.31. The van der Waals surface area contributed by atoms with E-state index in [9.17, 15) is 19.2 Å². The summed E-state index contributed by atoms with van der Waals surface area (Å²) in [6, 6.07) is 11.6. The van der Waals surface area contributed by atoms with Gasteiger partial charge >= 0.3 is 11.7 Å². The number of imidazole rings is 1. The first-order valence-corrected chi connectivity index (χ1v) is 10.7. The van der Waals surface area contributed by atoms with Crippen molar-refractivity contribution in [1.29, 1.82) is 0 Å². The largest absolute Gasteiger partial charge is 0.456 e. The van der Waals surface area contributed by atoms with Crippen molar-refractivity contribution in [3.05, 3.63) is 58.5 Å². The summed E-state index contributed by atoms with van der Waals surface area (Å²) in [5.41, 5.74) is 2.33. The van der Waals surface area contributed by atoms with E-state index in [4.69, 9.17) is 4.74 Å². The van der Waals surface area contributed by atoms with E-state index < -0.39 is 17.6 Å². The maximum atomic E-state index is 12.9. The fourth-order valence-electron chi connectivity index (χ4n) is 3.86. The highest BCUT2D eigenvalue weighted by Crippen LogP contribution is 2.26. The number of hydrogen-bond acceptors (Lipinski definition) is 6. The van der Waals surface area contributed by atoms with Gasteiger partial charge in [0.1, 0.15) is 11.6 Å². The van der Waals surface area contributed by atoms with Gasteiger partial charge in [0, 0.05) is 24.8 Å². The third-order valence-corrected chi connectivity index (χ3v) is 5.42. The van der Waals surface area contributed by atoms with Crippen LogP contribution < -0.4 is 16.3 Å². The molecule has 3 aromatic rings. The maximum Gasteiger partial charge on any atom is 0.338 e. The number of benzene rings is 2. The lowest BCUT2D eigenvalue weighted by molar-refractivity contribution is -0.135. The van der Waals surface area contributed by atoms with Gasteiger partial charge in [-0.25, -0.2) is 9.59 Å². The van der Waals surface area contributed by atoms with Gasteiger partial charge in [-0.3, -0.25) is 24.0 Å². The number of aryl methyl sites for hydroxylation is 1. The van der Waals surface area contributed by atoms with Crippen molar-refractivity contribution in [2.24, 2.45) is 7.05 Å². The predicted molar refractivity (Wildman–Crippen MR) is 123 cm³/mol. The highest BCUT2D eigenvalue weighted by atomic mass is 16.6. The van der Waals surface area contributed by atoms with Crippen molar-refractivity contribution in [2.75, 3.05) is 5.32 Å². The van der Waals surface area contributed by atoms with Crippen LogP contribution in [0.3, 0.4) is 0 Å². The summed E-state index contributed by atoms with van der Waals surface area (Å²) < 4.78 is 8.30. The second-order valence-corrected chi connectivity index (χ2v) is 9.09. The number of piperidine rings is 1. The second kappa shape index (κ2) is 8.23. The molecule has 172 valence electrons. The first-order chi connectivity index (χ1) is 15.5. The zero-order valence-corrected chi connectivity index (χ0v) is 19.0. The Morgan fingerprint density at radius 3 is 2.33 bits per heavy atom. The van der Waals surface area contributed by atoms with Gasteiger partial charge in [-0.15, -0.1) is 0 Å². The number of anilines is 2. The fraction of sp³-hybridized carbons (Fsp3) is 0.333. The fourth-order valence-corrected chi connectivity index (χ4v) is 3.86. The maximum absolute atomic E-state index is 12.9. The molecule has 1 atom stereocenters. The number of amides is 2. The summed E-state index contributed by atoms with van der Waals surface area (Å²) in [6.07, 6.45) is 0.478. The number of fused-ring (bicyclic) bond motifs is 1. The molecule has 1 saturated heterocycles. The molecule has 4 rings (SSSR count). The van der Waals surface area contributed by atoms with E-state index in [1.165, 1.54) is 9.13 Å². The number of carbonyl (C=O) groups is 3. The number of rotatable bonds is 4. The molecule has 1 aliphatic rings. The Morgan fingerprint density at radius 2 is 1.70 bits per heavy atom. The van der Waals surface area contributed by atoms with Crippen LogP contribution in [0.4, 0.5) is 11.4 Å². The zero-order valence-electron chi connectivity index (χ0n) is 19.0. The zero-order chi connectivity index (χ0) is 23.9. The molecule has 2 amide bonds. The van der Waals surface area contributed by atoms with Gasteiger partial charge in [-0.2, -0.15) is 0 Å². The first-order valence-electron chi connectivity index (χ1n) is 10.7. The van der Waals surface area contributed by atoms with E-state index >= 15 is 0 Å². The van der Waals surface area contributed by atoms with E-state index in [0.717, 1.165) is 11.4 Å². The molecule has 2 heterocycles. The average Bonchev–Trinajstić information content (AvgIpc) is 2.98. The molecule has 0 radical (unpaired) electrons. The number of carbonyl (C=O) groups excluding carboxylic acids is 3. The van der Waals surface area contributed by atoms with Crippen molar-refractivity contribution in [2.45, 2.75) is 45.3 Å². The molecule has 1 aliphatic heterocycles. The number of nitrogens with zero attached hydrogens (tertiary/aromatic N) is 2. The number of aromatic nitrogens is 2. The lowest BCUT2D eigenvalue weighted by atomic mass is 10.1. The third-order valence-electron chi connectivity index (χ3n) is 5.42. The SMILES string of the molecule is Cn1c(=O)n(C2CCC(=O)NC2=O)c2ccc(Nc3ccc(C(=O)OC(C)(C)C)cc3)cc21. The second-order valence-electron chi connectivity index (χ2n) is 9.09. The molecule has 9 nitrogen and oxygen atoms in total. The summed E-state index contributed by atoms with van der Waals surface area (Å²) in [6.45, 7) is 5.45. The van der Waals surface area contributed by atoms with Gasteiger partial charge in [0.15, 0.2) is 0 Å². The highest BCUT2D eigenvalue weighted by molar-refractivity contribution is 6.00. The lowest BCUT2D eigenvalue weighted by Crippen LogP contribution is -2.44. The number of hydrogen-bond donors (Lipinski definition) is 2. The molecule has 1 unspecified atom stereocenters. The molecule has 0 spiro atoms. The van der Waals surface area contributed by atoms with Crippen molar-refractivity contribution in [3.63, 3.8) is 0 Å². The average molecular weight is 450 g/mol. The quantitative estimate of drug-likeness (QED) is 0.467. The van der Waals surface area contributed by atoms with Gasteiger partial charge in [0.05, 0.1) is 16.6 Å². The van der Waals surface area contributed by atoms with E-state index in [-0.39, 0.29) is 30.4 Å². The van der Waals surface area contributed by atoms with Gasteiger partial charge in [0.25, 0.3) is 0 Å². The molecule has 9 heteroatoms. The molecule has 0 saturated carbocycles. The smallest absolute Gasteiger partial charge is 0.338 e. The van der Waals surface area contributed by atoms with Crippen LogP contribution in [0.25, 0.3) is 11.0 Å². The molecule has 0 aliphatic carbocycles. The Balaban J connectivity index is 1.59. The van der Waals surface area contributed by atoms with Crippen molar-refractivity contribution >= 4 is 40.2 Å². The van der Waals surface area contributed by atoms with Crippen LogP contribution in [-0.2, 0) is 21.4 Å². The van der Waals surface area contributed by atoms with Gasteiger partial charge in [0.2, 0.25) is 11.8 Å². The van der Waals surface area contributed by atoms with E-state index in [0.29, 0.717) is 16.6 Å². The Hall–Kier alpha value is -3.88. The molecular formula is C24H26N4O5. The van der Waals surface area contributed by atoms with Crippen LogP contribution >= 0.6 is 0 Å². The standard InChI is InChI=1S/C24H26N4O5/c1-24(2,3)33-22(31)14-5-7-15(8-6-14)25-16-9-10-17-19(13-16)27(4)23(32)28(17)18-11-12-20(29)26-21(18)30/h5-10,13,18,25H,11-12H2,1-4H3,(H,26,29,30). The van der Waals surface area contributed by atoms with Crippen molar-refractivity contribution in [3.8, 4) is 0 Å². The van der Waals surface area contributed by atoms with Crippen LogP contribution in [0.2, 0.25) is 0 Å². The Morgan fingerprint density at radius 1 is 1.03 bits per heavy atom. The topological polar surface area (TPSA) is 111 Å². The number of esters is 1. The Kier molecular flexibility index (Phi) is 5.57. The molecular weight excluding hydrogens is 424 g/mol. The van der Waals surface area contributed by atoms with Crippen LogP contribution in [0.1, 0.15) is 50.0 Å². The summed E-state index contributed by atoms with van der Waals surface area (Å²) in [7, 11) is 1.65. The summed E-state index contributed by atoms with van der Waals surface area (Å²) in [5.74, 6) is -1.18. The van der Waals surface area contributed by atoms with E-state index in [1.807, 2.05) is 32.9 Å². The van der Waals surface area contributed by atoms with Gasteiger partial charge in [-0.05, 0) is 69.7 Å². The minimum atomic E-state index is -0.724. The van der Waals surface area contributed by atoms with Crippen LogP contribution in [0.5, 0.6) is 0 Å². The van der Waals surface area contributed by atoms with E-state index in [1.54, 1.807) is 37.4 Å². The molecule has 1 fully saturated rings.